The van der Waals surface area contributed by atoms with Crippen LogP contribution in [0.25, 0.3) is 11.3 Å². The third-order valence-electron chi connectivity index (χ3n) is 4.60. The second kappa shape index (κ2) is 7.75. The number of benzene rings is 1. The molecule has 0 bridgehead atoms. The third kappa shape index (κ3) is 4.01. The van der Waals surface area contributed by atoms with Gasteiger partial charge in [-0.05, 0) is 39.2 Å². The molecule has 0 amide bonds. The number of aromatic nitrogens is 1. The Morgan fingerprint density at radius 3 is 2.96 bits per heavy atom. The molecular formula is C19H26N2O2. The molecular weight excluding hydrogens is 288 g/mol. The molecule has 2 unspecified atom stereocenters. The Balaban J connectivity index is 1.66. The molecule has 0 aliphatic carbocycles. The Labute approximate surface area is 138 Å². The SMILES string of the molecule is CCOCC1CCCN(C(C)c2ncc(-c3ccccc3)o2)C1. The van der Waals surface area contributed by atoms with E-state index in [9.17, 15) is 0 Å². The summed E-state index contributed by atoms with van der Waals surface area (Å²) in [6, 6.07) is 10.3. The van der Waals surface area contributed by atoms with Gasteiger partial charge in [0.05, 0.1) is 18.8 Å². The van der Waals surface area contributed by atoms with Crippen molar-refractivity contribution in [3.8, 4) is 11.3 Å². The van der Waals surface area contributed by atoms with Gasteiger partial charge in [0.25, 0.3) is 0 Å². The van der Waals surface area contributed by atoms with Crippen LogP contribution in [0.1, 0.15) is 38.6 Å². The molecule has 2 heterocycles. The van der Waals surface area contributed by atoms with Crippen molar-refractivity contribution >= 4 is 0 Å². The molecule has 1 aliphatic heterocycles. The molecule has 1 aromatic carbocycles. The first-order chi connectivity index (χ1) is 11.3. The Morgan fingerprint density at radius 1 is 1.35 bits per heavy atom. The van der Waals surface area contributed by atoms with E-state index in [1.54, 1.807) is 0 Å². The van der Waals surface area contributed by atoms with Crippen molar-refractivity contribution < 1.29 is 9.15 Å². The second-order valence-corrected chi connectivity index (χ2v) is 6.27. The molecule has 1 aromatic heterocycles. The van der Waals surface area contributed by atoms with E-state index in [1.165, 1.54) is 12.8 Å². The van der Waals surface area contributed by atoms with Gasteiger partial charge in [0.2, 0.25) is 5.89 Å². The van der Waals surface area contributed by atoms with Gasteiger partial charge in [-0.3, -0.25) is 4.90 Å². The van der Waals surface area contributed by atoms with E-state index in [0.29, 0.717) is 5.92 Å². The molecule has 2 atom stereocenters. The first kappa shape index (κ1) is 16.2. The van der Waals surface area contributed by atoms with Gasteiger partial charge >= 0.3 is 0 Å². The summed E-state index contributed by atoms with van der Waals surface area (Å²) >= 11 is 0. The molecule has 0 N–H and O–H groups in total. The molecule has 2 aromatic rings. The summed E-state index contributed by atoms with van der Waals surface area (Å²) in [5, 5.41) is 0. The maximum absolute atomic E-state index is 6.02. The number of nitrogens with zero attached hydrogens (tertiary/aromatic N) is 2. The van der Waals surface area contributed by atoms with E-state index < -0.39 is 0 Å². The van der Waals surface area contributed by atoms with Gasteiger partial charge in [0, 0.05) is 18.7 Å². The molecule has 23 heavy (non-hydrogen) atoms. The van der Waals surface area contributed by atoms with Gasteiger partial charge in [-0.2, -0.15) is 0 Å². The molecule has 4 heteroatoms. The quantitative estimate of drug-likeness (QED) is 0.803. The fourth-order valence-electron chi connectivity index (χ4n) is 3.24. The average molecular weight is 314 g/mol. The lowest BCUT2D eigenvalue weighted by Gasteiger charge is -2.35. The van der Waals surface area contributed by atoms with Crippen LogP contribution in [0.5, 0.6) is 0 Å². The number of hydrogen-bond acceptors (Lipinski definition) is 4. The number of ether oxygens (including phenoxy) is 1. The zero-order valence-corrected chi connectivity index (χ0v) is 14.1. The van der Waals surface area contributed by atoms with Crippen LogP contribution >= 0.6 is 0 Å². The van der Waals surface area contributed by atoms with Gasteiger partial charge < -0.3 is 9.15 Å². The molecule has 0 spiro atoms. The summed E-state index contributed by atoms with van der Waals surface area (Å²) < 4.78 is 11.6. The fraction of sp³-hybridized carbons (Fsp3) is 0.526. The maximum atomic E-state index is 6.02. The van der Waals surface area contributed by atoms with Gasteiger partial charge in [-0.25, -0.2) is 4.98 Å². The standard InChI is InChI=1S/C19H26N2O2/c1-3-22-14-16-8-7-11-21(13-16)15(2)19-20-12-18(23-19)17-9-5-4-6-10-17/h4-6,9-10,12,15-16H,3,7-8,11,13-14H2,1-2H3. The van der Waals surface area contributed by atoms with E-state index in [4.69, 9.17) is 9.15 Å². The highest BCUT2D eigenvalue weighted by Gasteiger charge is 2.27. The number of hydrogen-bond donors (Lipinski definition) is 0. The van der Waals surface area contributed by atoms with Gasteiger partial charge in [-0.15, -0.1) is 0 Å². The zero-order chi connectivity index (χ0) is 16.1. The lowest BCUT2D eigenvalue weighted by Crippen LogP contribution is -2.38. The lowest BCUT2D eigenvalue weighted by atomic mass is 9.97. The van der Waals surface area contributed by atoms with Gasteiger partial charge in [-0.1, -0.05) is 30.3 Å². The highest BCUT2D eigenvalue weighted by molar-refractivity contribution is 5.55. The van der Waals surface area contributed by atoms with Crippen molar-refractivity contribution in [2.75, 3.05) is 26.3 Å². The summed E-state index contributed by atoms with van der Waals surface area (Å²) in [4.78, 5) is 6.98. The topological polar surface area (TPSA) is 38.5 Å². The van der Waals surface area contributed by atoms with Crippen LogP contribution in [-0.2, 0) is 4.74 Å². The minimum absolute atomic E-state index is 0.205. The van der Waals surface area contributed by atoms with Gasteiger partial charge in [0.15, 0.2) is 5.76 Å². The van der Waals surface area contributed by atoms with Crippen molar-refractivity contribution in [1.29, 1.82) is 0 Å². The number of likely N-dealkylation sites (tertiary alicyclic amines) is 1. The predicted molar refractivity (Wildman–Crippen MR) is 91.1 cm³/mol. The number of rotatable bonds is 6. The van der Waals surface area contributed by atoms with E-state index >= 15 is 0 Å². The smallest absolute Gasteiger partial charge is 0.211 e. The normalized spacial score (nSPS) is 20.5. The van der Waals surface area contributed by atoms with Crippen LogP contribution in [0.2, 0.25) is 0 Å². The Kier molecular flexibility index (Phi) is 5.47. The third-order valence-corrected chi connectivity index (χ3v) is 4.60. The van der Waals surface area contributed by atoms with Crippen LogP contribution in [0, 0.1) is 5.92 Å². The molecule has 3 rings (SSSR count). The summed E-state index contributed by atoms with van der Waals surface area (Å²) in [6.45, 7) is 8.06. The van der Waals surface area contributed by atoms with E-state index in [2.05, 4.69) is 23.7 Å². The molecule has 1 aliphatic rings. The molecule has 124 valence electrons. The van der Waals surface area contributed by atoms with Crippen LogP contribution in [0.4, 0.5) is 0 Å². The fourth-order valence-corrected chi connectivity index (χ4v) is 3.24. The highest BCUT2D eigenvalue weighted by Crippen LogP contribution is 2.29. The van der Waals surface area contributed by atoms with Crippen molar-refractivity contribution in [3.63, 3.8) is 0 Å². The predicted octanol–water partition coefficient (Wildman–Crippen LogP) is 4.15. The van der Waals surface area contributed by atoms with Crippen molar-refractivity contribution in [2.24, 2.45) is 5.92 Å². The molecule has 1 saturated heterocycles. The summed E-state index contributed by atoms with van der Waals surface area (Å²) in [7, 11) is 0. The second-order valence-electron chi connectivity index (χ2n) is 6.27. The van der Waals surface area contributed by atoms with Crippen LogP contribution in [0.15, 0.2) is 40.9 Å². The zero-order valence-electron chi connectivity index (χ0n) is 14.1. The maximum Gasteiger partial charge on any atom is 0.211 e. The molecule has 4 nitrogen and oxygen atoms in total. The van der Waals surface area contributed by atoms with E-state index in [1.807, 2.05) is 36.5 Å². The first-order valence-electron chi connectivity index (χ1n) is 8.61. The van der Waals surface area contributed by atoms with Crippen LogP contribution < -0.4 is 0 Å². The average Bonchev–Trinajstić information content (AvgIpc) is 3.10. The minimum atomic E-state index is 0.205. The van der Waals surface area contributed by atoms with Crippen LogP contribution in [0.3, 0.4) is 0 Å². The van der Waals surface area contributed by atoms with Crippen LogP contribution in [-0.4, -0.2) is 36.2 Å². The van der Waals surface area contributed by atoms with Crippen molar-refractivity contribution in [1.82, 2.24) is 9.88 Å². The first-order valence-corrected chi connectivity index (χ1v) is 8.61. The molecule has 0 saturated carbocycles. The monoisotopic (exact) mass is 314 g/mol. The van der Waals surface area contributed by atoms with E-state index in [0.717, 1.165) is 43.5 Å². The van der Waals surface area contributed by atoms with Gasteiger partial charge in [0.1, 0.15) is 0 Å². The lowest BCUT2D eigenvalue weighted by molar-refractivity contribution is 0.0489. The Morgan fingerprint density at radius 2 is 2.17 bits per heavy atom. The summed E-state index contributed by atoms with van der Waals surface area (Å²) in [6.07, 6.45) is 4.31. The van der Waals surface area contributed by atoms with E-state index in [-0.39, 0.29) is 6.04 Å². The Bertz CT molecular complexity index is 596. The summed E-state index contributed by atoms with van der Waals surface area (Å²) in [5.74, 6) is 2.27. The highest BCUT2D eigenvalue weighted by atomic mass is 16.5. The largest absolute Gasteiger partial charge is 0.439 e. The Hall–Kier alpha value is -1.65. The number of oxazole rings is 1. The number of piperidine rings is 1. The minimum Gasteiger partial charge on any atom is -0.439 e. The van der Waals surface area contributed by atoms with Crippen molar-refractivity contribution in [3.05, 3.63) is 42.4 Å². The molecule has 1 fully saturated rings. The molecule has 0 radical (unpaired) electrons. The summed E-state index contributed by atoms with van der Waals surface area (Å²) in [5.41, 5.74) is 1.08. The van der Waals surface area contributed by atoms with Crippen molar-refractivity contribution in [2.45, 2.75) is 32.7 Å².